The van der Waals surface area contributed by atoms with Crippen LogP contribution < -0.4 is 5.32 Å². The number of alkyl halides is 6. The van der Waals surface area contributed by atoms with Crippen LogP contribution in [0, 0.1) is 5.82 Å². The third kappa shape index (κ3) is 6.07. The molecule has 27 heavy (non-hydrogen) atoms. The fourth-order valence-electron chi connectivity index (χ4n) is 1.79. The van der Waals surface area contributed by atoms with E-state index in [1.54, 1.807) is 6.92 Å². The van der Waals surface area contributed by atoms with Crippen LogP contribution in [-0.2, 0) is 12.3 Å². The number of carbonyl (C=O) groups excluding carboxylic acids is 1. The molecule has 1 aromatic carbocycles. The fourth-order valence-corrected chi connectivity index (χ4v) is 2.30. The van der Waals surface area contributed by atoms with Gasteiger partial charge in [-0.25, -0.2) is 24.1 Å². The molecule has 1 N–H and O–H groups in total. The summed E-state index contributed by atoms with van der Waals surface area (Å²) in [6.45, 7) is 1.75. The maximum Gasteiger partial charge on any atom is 0.411 e. The van der Waals surface area contributed by atoms with E-state index >= 15 is 0 Å². The Morgan fingerprint density at radius 3 is 2.07 bits per heavy atom. The average Bonchev–Trinajstić information content (AvgIpc) is 2.55. The van der Waals surface area contributed by atoms with Gasteiger partial charge in [0.1, 0.15) is 5.82 Å². The molecule has 0 saturated carbocycles. The number of aromatic nitrogens is 3. The molecule has 0 aliphatic rings. The lowest BCUT2D eigenvalue weighted by molar-refractivity contribution is 0.168. The number of amides is 1. The zero-order valence-corrected chi connectivity index (χ0v) is 17.8. The van der Waals surface area contributed by atoms with Crippen LogP contribution in [-0.4, -0.2) is 27.7 Å². The molecule has 0 spiro atoms. The summed E-state index contributed by atoms with van der Waals surface area (Å²) in [5.74, 6) is -1.51. The van der Waals surface area contributed by atoms with E-state index in [9.17, 15) is 9.18 Å². The molecule has 0 unspecified atom stereocenters. The van der Waals surface area contributed by atoms with Crippen LogP contribution in [0.5, 0.6) is 0 Å². The van der Waals surface area contributed by atoms with Crippen molar-refractivity contribution in [1.29, 1.82) is 0 Å². The zero-order valence-electron chi connectivity index (χ0n) is 13.2. The third-order valence-corrected chi connectivity index (χ3v) is 3.90. The number of carbonyl (C=O) groups is 1. The molecule has 1 amide bonds. The van der Waals surface area contributed by atoms with Crippen molar-refractivity contribution in [2.75, 3.05) is 11.9 Å². The highest BCUT2D eigenvalue weighted by Crippen LogP contribution is 2.40. The lowest BCUT2D eigenvalue weighted by Gasteiger charge is -2.16. The number of ether oxygens (including phenoxy) is 1. The van der Waals surface area contributed by atoms with E-state index in [-0.39, 0.29) is 35.3 Å². The van der Waals surface area contributed by atoms with Crippen molar-refractivity contribution in [2.45, 2.75) is 14.5 Å². The summed E-state index contributed by atoms with van der Waals surface area (Å²) in [6, 6.07) is 3.72. The van der Waals surface area contributed by atoms with Gasteiger partial charge in [0, 0.05) is 5.56 Å². The van der Waals surface area contributed by atoms with Gasteiger partial charge in [0.15, 0.2) is 17.5 Å². The first-order valence-electron chi connectivity index (χ1n) is 7.06. The SMILES string of the molecule is CCOC(=O)Nc1ccc(-c2nc(C(Cl)(Cl)Cl)nc(C(Cl)(Cl)Cl)n2)cc1F. The van der Waals surface area contributed by atoms with Crippen molar-refractivity contribution < 1.29 is 13.9 Å². The Kier molecular flexibility index (Phi) is 7.22. The van der Waals surface area contributed by atoms with Crippen molar-refractivity contribution in [3.63, 3.8) is 0 Å². The smallest absolute Gasteiger partial charge is 0.411 e. The molecule has 6 nitrogen and oxygen atoms in total. The van der Waals surface area contributed by atoms with Crippen LogP contribution >= 0.6 is 69.6 Å². The number of nitrogens with zero attached hydrogens (tertiary/aromatic N) is 3. The van der Waals surface area contributed by atoms with Gasteiger partial charge in [-0.3, -0.25) is 5.32 Å². The van der Waals surface area contributed by atoms with Gasteiger partial charge >= 0.3 is 6.09 Å². The average molecular weight is 497 g/mol. The van der Waals surface area contributed by atoms with Crippen LogP contribution in [0.3, 0.4) is 0 Å². The Morgan fingerprint density at radius 2 is 1.63 bits per heavy atom. The Bertz CT molecular complexity index is 824. The first-order chi connectivity index (χ1) is 12.4. The second-order valence-corrected chi connectivity index (χ2v) is 9.40. The minimum atomic E-state index is -2.04. The number of nitrogens with one attached hydrogen (secondary N) is 1. The molecule has 1 heterocycles. The molecular formula is C14H9Cl6FN4O2. The first-order valence-corrected chi connectivity index (χ1v) is 9.32. The van der Waals surface area contributed by atoms with Crippen LogP contribution in [0.1, 0.15) is 18.6 Å². The fraction of sp³-hybridized carbons (Fsp3) is 0.286. The molecule has 13 heteroatoms. The Hall–Kier alpha value is -0.830. The van der Waals surface area contributed by atoms with Gasteiger partial charge in [-0.2, -0.15) is 0 Å². The molecule has 0 saturated heterocycles. The van der Waals surface area contributed by atoms with E-state index in [2.05, 4.69) is 25.0 Å². The van der Waals surface area contributed by atoms with E-state index in [0.717, 1.165) is 6.07 Å². The van der Waals surface area contributed by atoms with Crippen molar-refractivity contribution in [3.8, 4) is 11.4 Å². The molecule has 0 bridgehead atoms. The maximum absolute atomic E-state index is 14.3. The molecule has 1 aromatic heterocycles. The highest BCUT2D eigenvalue weighted by atomic mass is 35.6. The van der Waals surface area contributed by atoms with Gasteiger partial charge in [0.05, 0.1) is 12.3 Å². The van der Waals surface area contributed by atoms with Crippen LogP contribution in [0.25, 0.3) is 11.4 Å². The second-order valence-electron chi connectivity index (χ2n) is 4.84. The second kappa shape index (κ2) is 8.68. The van der Waals surface area contributed by atoms with Crippen molar-refractivity contribution in [2.24, 2.45) is 0 Å². The quantitative estimate of drug-likeness (QED) is 0.535. The molecule has 2 rings (SSSR count). The summed E-state index contributed by atoms with van der Waals surface area (Å²) in [4.78, 5) is 23.2. The summed E-state index contributed by atoms with van der Waals surface area (Å²) < 4.78 is 14.9. The third-order valence-electron chi connectivity index (χ3n) is 2.88. The summed E-state index contributed by atoms with van der Waals surface area (Å²) in [5, 5.41) is 2.25. The van der Waals surface area contributed by atoms with Crippen LogP contribution in [0.15, 0.2) is 18.2 Å². The van der Waals surface area contributed by atoms with Gasteiger partial charge in [-0.1, -0.05) is 69.6 Å². The van der Waals surface area contributed by atoms with E-state index in [1.807, 2.05) is 0 Å². The minimum Gasteiger partial charge on any atom is -0.450 e. The number of hydrogen-bond acceptors (Lipinski definition) is 5. The zero-order chi connectivity index (χ0) is 20.4. The van der Waals surface area contributed by atoms with E-state index in [4.69, 9.17) is 69.6 Å². The number of halogens is 7. The van der Waals surface area contributed by atoms with E-state index in [1.165, 1.54) is 12.1 Å². The lowest BCUT2D eigenvalue weighted by Crippen LogP contribution is -2.17. The number of anilines is 1. The van der Waals surface area contributed by atoms with E-state index in [0.29, 0.717) is 0 Å². The largest absolute Gasteiger partial charge is 0.450 e. The van der Waals surface area contributed by atoms with Crippen LogP contribution in [0.2, 0.25) is 0 Å². The highest BCUT2D eigenvalue weighted by molar-refractivity contribution is 6.67. The summed E-state index contributed by atoms with van der Waals surface area (Å²) in [7, 11) is 0. The standard InChI is InChI=1S/C14H9Cl6FN4O2/c1-2-27-12(26)22-8-4-3-6(5-7(8)21)9-23-10(13(15,16)17)25-11(24-9)14(18,19)20/h3-5H,2H2,1H3,(H,22,26). The molecule has 0 aliphatic heterocycles. The topological polar surface area (TPSA) is 77.0 Å². The van der Waals surface area contributed by atoms with Gasteiger partial charge in [0.25, 0.3) is 0 Å². The minimum absolute atomic E-state index is 0.103. The monoisotopic (exact) mass is 494 g/mol. The van der Waals surface area contributed by atoms with Gasteiger partial charge < -0.3 is 4.74 Å². The van der Waals surface area contributed by atoms with Crippen LogP contribution in [0.4, 0.5) is 14.9 Å². The summed E-state index contributed by atoms with van der Waals surface area (Å²) in [5.41, 5.74) is 0.0461. The summed E-state index contributed by atoms with van der Waals surface area (Å²) >= 11 is 34.8. The van der Waals surface area contributed by atoms with Gasteiger partial charge in [-0.15, -0.1) is 0 Å². The summed E-state index contributed by atoms with van der Waals surface area (Å²) in [6.07, 6.45) is -0.804. The van der Waals surface area contributed by atoms with Crippen molar-refractivity contribution >= 4 is 81.4 Å². The Balaban J connectivity index is 2.48. The predicted molar refractivity (Wildman–Crippen MR) is 104 cm³/mol. The lowest BCUT2D eigenvalue weighted by atomic mass is 10.2. The number of rotatable bonds is 3. The molecule has 0 aliphatic carbocycles. The molecule has 2 aromatic rings. The number of benzene rings is 1. The number of hydrogen-bond donors (Lipinski definition) is 1. The van der Waals surface area contributed by atoms with Gasteiger partial charge in [-0.05, 0) is 25.1 Å². The first kappa shape index (κ1) is 22.5. The molecule has 0 radical (unpaired) electrons. The van der Waals surface area contributed by atoms with Crippen molar-refractivity contribution in [3.05, 3.63) is 35.7 Å². The molecular weight excluding hydrogens is 488 g/mol. The molecule has 146 valence electrons. The van der Waals surface area contributed by atoms with Gasteiger partial charge in [0.2, 0.25) is 7.59 Å². The molecule has 0 atom stereocenters. The maximum atomic E-state index is 14.3. The van der Waals surface area contributed by atoms with E-state index < -0.39 is 19.5 Å². The Labute approximate surface area is 183 Å². The normalized spacial score (nSPS) is 12.0. The molecule has 0 fully saturated rings. The Morgan fingerprint density at radius 1 is 1.07 bits per heavy atom. The van der Waals surface area contributed by atoms with Crippen molar-refractivity contribution in [1.82, 2.24) is 15.0 Å². The highest BCUT2D eigenvalue weighted by Gasteiger charge is 2.34. The predicted octanol–water partition coefficient (Wildman–Crippen LogP) is 5.90.